The van der Waals surface area contributed by atoms with Crippen molar-refractivity contribution in [2.75, 3.05) is 37.9 Å². The van der Waals surface area contributed by atoms with Crippen LogP contribution in [0.25, 0.3) is 10.8 Å². The fraction of sp³-hybridized carbons (Fsp3) is 0.182. The highest BCUT2D eigenvalue weighted by atomic mass is 16.5. The Kier molecular flexibility index (Phi) is 6.24. The molecule has 0 unspecified atom stereocenters. The minimum absolute atomic E-state index is 0.0996. The Labute approximate surface area is 164 Å². The number of nitrogens with zero attached hydrogens (tertiary/aromatic N) is 1. The average molecular weight is 377 g/mol. The van der Waals surface area contributed by atoms with Crippen molar-refractivity contribution in [1.29, 1.82) is 0 Å². The third-order valence-corrected chi connectivity index (χ3v) is 4.21. The third-order valence-electron chi connectivity index (χ3n) is 4.21. The summed E-state index contributed by atoms with van der Waals surface area (Å²) in [6.07, 6.45) is 0. The van der Waals surface area contributed by atoms with Crippen LogP contribution in [0.2, 0.25) is 0 Å². The summed E-state index contributed by atoms with van der Waals surface area (Å²) >= 11 is 0. The predicted octanol–water partition coefficient (Wildman–Crippen LogP) is 3.36. The molecule has 0 aliphatic heterocycles. The van der Waals surface area contributed by atoms with E-state index in [-0.39, 0.29) is 24.9 Å². The predicted molar refractivity (Wildman–Crippen MR) is 112 cm³/mol. The number of hydrogen-bond acceptors (Lipinski definition) is 4. The zero-order valence-electron chi connectivity index (χ0n) is 15.9. The summed E-state index contributed by atoms with van der Waals surface area (Å²) in [5.41, 5.74) is 1.39. The topological polar surface area (TPSA) is 70.7 Å². The molecule has 3 aromatic rings. The average Bonchev–Trinajstić information content (AvgIpc) is 2.67. The fourth-order valence-corrected chi connectivity index (χ4v) is 2.92. The van der Waals surface area contributed by atoms with Crippen molar-refractivity contribution < 1.29 is 14.3 Å². The normalized spacial score (nSPS) is 10.7. The first-order valence-electron chi connectivity index (χ1n) is 8.94. The van der Waals surface area contributed by atoms with Crippen LogP contribution in [0.1, 0.15) is 0 Å². The molecule has 0 spiro atoms. The van der Waals surface area contributed by atoms with E-state index in [2.05, 4.69) is 10.6 Å². The molecule has 3 rings (SSSR count). The van der Waals surface area contributed by atoms with Gasteiger partial charge in [-0.25, -0.2) is 0 Å². The highest BCUT2D eigenvalue weighted by Crippen LogP contribution is 2.19. The SMILES string of the molecule is COc1cccc(NC(=O)CN(C)CC(=O)Nc2ccc3ccccc3c2)c1. The van der Waals surface area contributed by atoms with Gasteiger partial charge < -0.3 is 15.4 Å². The summed E-state index contributed by atoms with van der Waals surface area (Å²) in [5.74, 6) is 0.294. The number of methoxy groups -OCH3 is 1. The molecule has 3 aromatic carbocycles. The van der Waals surface area contributed by atoms with Gasteiger partial charge in [-0.05, 0) is 42.1 Å². The van der Waals surface area contributed by atoms with Crippen molar-refractivity contribution in [3.05, 3.63) is 66.7 Å². The van der Waals surface area contributed by atoms with Crippen LogP contribution in [-0.4, -0.2) is 44.0 Å². The number of rotatable bonds is 7. The van der Waals surface area contributed by atoms with E-state index in [9.17, 15) is 9.59 Å². The van der Waals surface area contributed by atoms with Crippen molar-refractivity contribution in [3.8, 4) is 5.75 Å². The number of carbonyl (C=O) groups is 2. The van der Waals surface area contributed by atoms with Gasteiger partial charge in [0.1, 0.15) is 5.75 Å². The fourth-order valence-electron chi connectivity index (χ4n) is 2.92. The zero-order valence-corrected chi connectivity index (χ0v) is 15.9. The zero-order chi connectivity index (χ0) is 19.9. The Morgan fingerprint density at radius 2 is 1.46 bits per heavy atom. The molecule has 0 atom stereocenters. The molecule has 0 saturated carbocycles. The van der Waals surface area contributed by atoms with Gasteiger partial charge in [0.05, 0.1) is 20.2 Å². The van der Waals surface area contributed by atoms with Gasteiger partial charge >= 0.3 is 0 Å². The van der Waals surface area contributed by atoms with Crippen LogP contribution in [-0.2, 0) is 9.59 Å². The lowest BCUT2D eigenvalue weighted by Crippen LogP contribution is -2.36. The summed E-state index contributed by atoms with van der Waals surface area (Å²) in [5, 5.41) is 7.85. The van der Waals surface area contributed by atoms with Crippen molar-refractivity contribution >= 4 is 34.0 Å². The molecule has 6 heteroatoms. The van der Waals surface area contributed by atoms with E-state index in [1.807, 2.05) is 42.5 Å². The number of carbonyl (C=O) groups excluding carboxylic acids is 2. The maximum atomic E-state index is 12.3. The second-order valence-corrected chi connectivity index (χ2v) is 6.56. The molecule has 0 heterocycles. The molecule has 144 valence electrons. The number of fused-ring (bicyclic) bond motifs is 1. The lowest BCUT2D eigenvalue weighted by molar-refractivity contribution is -0.119. The summed E-state index contributed by atoms with van der Waals surface area (Å²) in [7, 11) is 3.30. The molecule has 0 aromatic heterocycles. The highest BCUT2D eigenvalue weighted by molar-refractivity contribution is 5.96. The maximum absolute atomic E-state index is 12.3. The van der Waals surface area contributed by atoms with E-state index in [0.29, 0.717) is 11.4 Å². The lowest BCUT2D eigenvalue weighted by Gasteiger charge is -2.16. The van der Waals surface area contributed by atoms with E-state index < -0.39 is 0 Å². The molecule has 0 saturated heterocycles. The summed E-state index contributed by atoms with van der Waals surface area (Å²) < 4.78 is 5.14. The minimum atomic E-state index is -0.200. The number of hydrogen-bond donors (Lipinski definition) is 2. The molecule has 0 bridgehead atoms. The molecule has 0 aliphatic carbocycles. The standard InChI is InChI=1S/C22H23N3O3/c1-25(14-21(26)23-18-8-5-9-20(13-18)28-2)15-22(27)24-19-11-10-16-6-3-4-7-17(16)12-19/h3-13H,14-15H2,1-2H3,(H,23,26)(H,24,27). The Morgan fingerprint density at radius 3 is 2.14 bits per heavy atom. The number of likely N-dealkylation sites (N-methyl/N-ethyl adjacent to an activating group) is 1. The van der Waals surface area contributed by atoms with E-state index in [0.717, 1.165) is 16.5 Å². The molecular weight excluding hydrogens is 354 g/mol. The Morgan fingerprint density at radius 1 is 0.821 bits per heavy atom. The molecule has 0 fully saturated rings. The van der Waals surface area contributed by atoms with E-state index in [4.69, 9.17) is 4.74 Å². The van der Waals surface area contributed by atoms with Crippen LogP contribution >= 0.6 is 0 Å². The van der Waals surface area contributed by atoms with Gasteiger partial charge in [0.2, 0.25) is 11.8 Å². The van der Waals surface area contributed by atoms with Crippen LogP contribution in [0.5, 0.6) is 5.75 Å². The van der Waals surface area contributed by atoms with Gasteiger partial charge in [0, 0.05) is 17.4 Å². The second kappa shape index (κ2) is 9.01. The first kappa shape index (κ1) is 19.4. The van der Waals surface area contributed by atoms with Gasteiger partial charge in [0.15, 0.2) is 0 Å². The number of benzene rings is 3. The molecule has 28 heavy (non-hydrogen) atoms. The first-order valence-corrected chi connectivity index (χ1v) is 8.94. The number of anilines is 2. The van der Waals surface area contributed by atoms with Crippen LogP contribution in [0, 0.1) is 0 Å². The van der Waals surface area contributed by atoms with Gasteiger partial charge in [-0.2, -0.15) is 0 Å². The van der Waals surface area contributed by atoms with Crippen molar-refractivity contribution in [2.24, 2.45) is 0 Å². The summed E-state index contributed by atoms with van der Waals surface area (Å²) in [4.78, 5) is 26.1. The van der Waals surface area contributed by atoms with Crippen LogP contribution in [0.3, 0.4) is 0 Å². The second-order valence-electron chi connectivity index (χ2n) is 6.56. The van der Waals surface area contributed by atoms with E-state index >= 15 is 0 Å². The Bertz CT molecular complexity index is 987. The highest BCUT2D eigenvalue weighted by Gasteiger charge is 2.12. The smallest absolute Gasteiger partial charge is 0.238 e. The number of amides is 2. The Balaban J connectivity index is 1.50. The molecule has 6 nitrogen and oxygen atoms in total. The van der Waals surface area contributed by atoms with Crippen molar-refractivity contribution in [2.45, 2.75) is 0 Å². The maximum Gasteiger partial charge on any atom is 0.238 e. The van der Waals surface area contributed by atoms with Gasteiger partial charge in [-0.1, -0.05) is 36.4 Å². The first-order chi connectivity index (χ1) is 13.5. The molecule has 2 amide bonds. The Hall–Kier alpha value is -3.38. The monoisotopic (exact) mass is 377 g/mol. The van der Waals surface area contributed by atoms with Gasteiger partial charge in [-0.3, -0.25) is 14.5 Å². The molecule has 0 aliphatic rings. The van der Waals surface area contributed by atoms with E-state index in [1.54, 1.807) is 43.3 Å². The van der Waals surface area contributed by atoms with Crippen LogP contribution < -0.4 is 15.4 Å². The molecule has 0 radical (unpaired) electrons. The summed E-state index contributed by atoms with van der Waals surface area (Å²) in [6.45, 7) is 0.209. The third kappa shape index (κ3) is 5.31. The largest absolute Gasteiger partial charge is 0.497 e. The molecular formula is C22H23N3O3. The quantitative estimate of drug-likeness (QED) is 0.662. The van der Waals surface area contributed by atoms with Crippen molar-refractivity contribution in [1.82, 2.24) is 4.90 Å². The van der Waals surface area contributed by atoms with E-state index in [1.165, 1.54) is 0 Å². The van der Waals surface area contributed by atoms with Gasteiger partial charge in [-0.15, -0.1) is 0 Å². The van der Waals surface area contributed by atoms with Crippen LogP contribution in [0.15, 0.2) is 66.7 Å². The van der Waals surface area contributed by atoms with Gasteiger partial charge in [0.25, 0.3) is 0 Å². The lowest BCUT2D eigenvalue weighted by atomic mass is 10.1. The summed E-state index contributed by atoms with van der Waals surface area (Å²) in [6, 6.07) is 20.9. The minimum Gasteiger partial charge on any atom is -0.497 e. The number of nitrogens with one attached hydrogen (secondary N) is 2. The van der Waals surface area contributed by atoms with Crippen LogP contribution in [0.4, 0.5) is 11.4 Å². The van der Waals surface area contributed by atoms with Crippen molar-refractivity contribution in [3.63, 3.8) is 0 Å². The number of ether oxygens (including phenoxy) is 1. The molecule has 2 N–H and O–H groups in total.